The second-order valence-corrected chi connectivity index (χ2v) is 5.62. The van der Waals surface area contributed by atoms with Crippen LogP contribution in [0.25, 0.3) is 0 Å². The van der Waals surface area contributed by atoms with E-state index in [1.54, 1.807) is 7.11 Å². The van der Waals surface area contributed by atoms with Crippen molar-refractivity contribution in [3.8, 4) is 5.88 Å². The molecule has 0 radical (unpaired) electrons. The minimum absolute atomic E-state index is 0.249. The number of pyridine rings is 1. The molecule has 1 aliphatic carbocycles. The molecule has 1 aromatic rings. The molecular formula is C15H25N3O. The molecule has 1 aliphatic rings. The SMILES string of the molecule is COc1ccc(C(CN)N(CC2CC2)C(C)C)cn1. The smallest absolute Gasteiger partial charge is 0.212 e. The number of aromatic nitrogens is 1. The van der Waals surface area contributed by atoms with E-state index in [0.29, 0.717) is 18.5 Å². The van der Waals surface area contributed by atoms with Crippen LogP contribution in [-0.2, 0) is 0 Å². The van der Waals surface area contributed by atoms with E-state index >= 15 is 0 Å². The van der Waals surface area contributed by atoms with E-state index in [4.69, 9.17) is 10.5 Å². The average molecular weight is 263 g/mol. The van der Waals surface area contributed by atoms with Crippen molar-refractivity contribution in [3.05, 3.63) is 23.9 Å². The molecule has 2 N–H and O–H groups in total. The number of nitrogens with two attached hydrogens (primary N) is 1. The third-order valence-corrected chi connectivity index (χ3v) is 3.81. The molecular weight excluding hydrogens is 238 g/mol. The molecule has 1 saturated carbocycles. The molecule has 1 fully saturated rings. The lowest BCUT2D eigenvalue weighted by Gasteiger charge is -2.34. The zero-order valence-corrected chi connectivity index (χ0v) is 12.2. The summed E-state index contributed by atoms with van der Waals surface area (Å²) in [6.45, 7) is 6.24. The van der Waals surface area contributed by atoms with Gasteiger partial charge in [0.15, 0.2) is 0 Å². The van der Waals surface area contributed by atoms with Gasteiger partial charge in [-0.15, -0.1) is 0 Å². The zero-order chi connectivity index (χ0) is 13.8. The molecule has 0 amide bonds. The third kappa shape index (κ3) is 3.67. The Labute approximate surface area is 116 Å². The minimum atomic E-state index is 0.249. The summed E-state index contributed by atoms with van der Waals surface area (Å²) >= 11 is 0. The van der Waals surface area contributed by atoms with Crippen LogP contribution in [0.4, 0.5) is 0 Å². The Morgan fingerprint density at radius 1 is 1.42 bits per heavy atom. The van der Waals surface area contributed by atoms with Crippen LogP contribution in [0.1, 0.15) is 38.3 Å². The summed E-state index contributed by atoms with van der Waals surface area (Å²) in [5, 5.41) is 0. The highest BCUT2D eigenvalue weighted by Gasteiger charge is 2.29. The molecule has 0 saturated heterocycles. The summed E-state index contributed by atoms with van der Waals surface area (Å²) in [5.41, 5.74) is 7.19. The molecule has 1 unspecified atom stereocenters. The number of methoxy groups -OCH3 is 1. The Morgan fingerprint density at radius 3 is 2.58 bits per heavy atom. The lowest BCUT2D eigenvalue weighted by atomic mass is 10.1. The molecule has 0 aromatic carbocycles. The fraction of sp³-hybridized carbons (Fsp3) is 0.667. The van der Waals surface area contributed by atoms with E-state index < -0.39 is 0 Å². The van der Waals surface area contributed by atoms with Crippen LogP contribution in [0.2, 0.25) is 0 Å². The minimum Gasteiger partial charge on any atom is -0.481 e. The van der Waals surface area contributed by atoms with Crippen molar-refractivity contribution >= 4 is 0 Å². The van der Waals surface area contributed by atoms with Gasteiger partial charge >= 0.3 is 0 Å². The fourth-order valence-corrected chi connectivity index (χ4v) is 2.47. The van der Waals surface area contributed by atoms with Crippen LogP contribution < -0.4 is 10.5 Å². The highest BCUT2D eigenvalue weighted by atomic mass is 16.5. The van der Waals surface area contributed by atoms with Crippen molar-refractivity contribution in [1.82, 2.24) is 9.88 Å². The molecule has 1 heterocycles. The lowest BCUT2D eigenvalue weighted by molar-refractivity contribution is 0.149. The first-order chi connectivity index (χ1) is 9.15. The highest BCUT2D eigenvalue weighted by molar-refractivity contribution is 5.21. The van der Waals surface area contributed by atoms with Crippen molar-refractivity contribution in [2.75, 3.05) is 20.2 Å². The van der Waals surface area contributed by atoms with Crippen LogP contribution in [0.5, 0.6) is 5.88 Å². The van der Waals surface area contributed by atoms with Gasteiger partial charge in [-0.05, 0) is 38.2 Å². The third-order valence-electron chi connectivity index (χ3n) is 3.81. The first kappa shape index (κ1) is 14.3. The maximum Gasteiger partial charge on any atom is 0.212 e. The summed E-state index contributed by atoms with van der Waals surface area (Å²) in [5.74, 6) is 1.51. The van der Waals surface area contributed by atoms with Gasteiger partial charge < -0.3 is 10.5 Å². The normalized spacial score (nSPS) is 16.9. The van der Waals surface area contributed by atoms with Gasteiger partial charge in [-0.1, -0.05) is 6.07 Å². The van der Waals surface area contributed by atoms with Crippen LogP contribution in [0.3, 0.4) is 0 Å². The summed E-state index contributed by atoms with van der Waals surface area (Å²) in [7, 11) is 1.63. The predicted octanol–water partition coefficient (Wildman–Crippen LogP) is 2.21. The van der Waals surface area contributed by atoms with Crippen molar-refractivity contribution in [1.29, 1.82) is 0 Å². The molecule has 4 heteroatoms. The van der Waals surface area contributed by atoms with Gasteiger partial charge in [0.1, 0.15) is 0 Å². The van der Waals surface area contributed by atoms with E-state index in [1.165, 1.54) is 18.4 Å². The van der Waals surface area contributed by atoms with Gasteiger partial charge in [0.05, 0.1) is 7.11 Å². The summed E-state index contributed by atoms with van der Waals surface area (Å²) in [6.07, 6.45) is 4.61. The quantitative estimate of drug-likeness (QED) is 0.819. The predicted molar refractivity (Wildman–Crippen MR) is 77.2 cm³/mol. The fourth-order valence-electron chi connectivity index (χ4n) is 2.47. The molecule has 1 atom stereocenters. The molecule has 4 nitrogen and oxygen atoms in total. The Kier molecular flexibility index (Phi) is 4.77. The van der Waals surface area contributed by atoms with E-state index in [2.05, 4.69) is 29.8 Å². The van der Waals surface area contributed by atoms with Gasteiger partial charge in [0.2, 0.25) is 5.88 Å². The highest BCUT2D eigenvalue weighted by Crippen LogP contribution is 2.33. The van der Waals surface area contributed by atoms with E-state index in [9.17, 15) is 0 Å². The Bertz CT molecular complexity index is 387. The van der Waals surface area contributed by atoms with Crippen LogP contribution in [-0.4, -0.2) is 36.1 Å². The molecule has 19 heavy (non-hydrogen) atoms. The van der Waals surface area contributed by atoms with E-state index in [1.807, 2.05) is 12.3 Å². The zero-order valence-electron chi connectivity index (χ0n) is 12.2. The Morgan fingerprint density at radius 2 is 2.16 bits per heavy atom. The van der Waals surface area contributed by atoms with Gasteiger partial charge in [-0.2, -0.15) is 0 Å². The maximum atomic E-state index is 6.01. The maximum absolute atomic E-state index is 6.01. The van der Waals surface area contributed by atoms with Gasteiger partial charge in [0.25, 0.3) is 0 Å². The Hall–Kier alpha value is -1.13. The monoisotopic (exact) mass is 263 g/mol. The molecule has 106 valence electrons. The first-order valence-electron chi connectivity index (χ1n) is 7.11. The molecule has 0 bridgehead atoms. The largest absolute Gasteiger partial charge is 0.481 e. The van der Waals surface area contributed by atoms with Crippen molar-refractivity contribution in [2.45, 2.75) is 38.8 Å². The molecule has 0 aliphatic heterocycles. The molecule has 0 spiro atoms. The summed E-state index contributed by atoms with van der Waals surface area (Å²) in [6, 6.07) is 4.73. The van der Waals surface area contributed by atoms with Gasteiger partial charge in [-0.25, -0.2) is 4.98 Å². The number of hydrogen-bond acceptors (Lipinski definition) is 4. The molecule has 2 rings (SSSR count). The lowest BCUT2D eigenvalue weighted by Crippen LogP contribution is -2.40. The number of nitrogens with zero attached hydrogens (tertiary/aromatic N) is 2. The van der Waals surface area contributed by atoms with Gasteiger partial charge in [-0.3, -0.25) is 4.90 Å². The van der Waals surface area contributed by atoms with Gasteiger partial charge in [0, 0.05) is 37.4 Å². The first-order valence-corrected chi connectivity index (χ1v) is 7.11. The second kappa shape index (κ2) is 6.35. The van der Waals surface area contributed by atoms with E-state index in [-0.39, 0.29) is 6.04 Å². The second-order valence-electron chi connectivity index (χ2n) is 5.62. The number of ether oxygens (including phenoxy) is 1. The number of hydrogen-bond donors (Lipinski definition) is 1. The Balaban J connectivity index is 2.14. The average Bonchev–Trinajstić information content (AvgIpc) is 3.23. The van der Waals surface area contributed by atoms with Crippen molar-refractivity contribution in [2.24, 2.45) is 11.7 Å². The van der Waals surface area contributed by atoms with Crippen LogP contribution in [0.15, 0.2) is 18.3 Å². The standard InChI is InChI=1S/C15H25N3O/c1-11(2)18(10-12-4-5-12)14(8-16)13-6-7-15(19-3)17-9-13/h6-7,9,11-12,14H,4-5,8,10,16H2,1-3H3. The van der Waals surface area contributed by atoms with Crippen LogP contribution >= 0.6 is 0 Å². The van der Waals surface area contributed by atoms with Crippen LogP contribution in [0, 0.1) is 5.92 Å². The van der Waals surface area contributed by atoms with Crippen molar-refractivity contribution < 1.29 is 4.74 Å². The summed E-state index contributed by atoms with van der Waals surface area (Å²) in [4.78, 5) is 6.80. The summed E-state index contributed by atoms with van der Waals surface area (Å²) < 4.78 is 5.11. The topological polar surface area (TPSA) is 51.4 Å². The molecule has 1 aromatic heterocycles. The number of rotatable bonds is 7. The van der Waals surface area contributed by atoms with E-state index in [0.717, 1.165) is 12.5 Å². The van der Waals surface area contributed by atoms with Crippen molar-refractivity contribution in [3.63, 3.8) is 0 Å².